The van der Waals surface area contributed by atoms with Crippen molar-refractivity contribution in [3.05, 3.63) is 34.2 Å². The SMILES string of the molecule is O=c1cc(CN2CCSCC2)ccn1CC1CC1. The molecule has 3 nitrogen and oxygen atoms in total. The molecule has 0 spiro atoms. The quantitative estimate of drug-likeness (QED) is 0.829. The molecule has 18 heavy (non-hydrogen) atoms. The van der Waals surface area contributed by atoms with Gasteiger partial charge >= 0.3 is 0 Å². The summed E-state index contributed by atoms with van der Waals surface area (Å²) >= 11 is 2.02. The minimum Gasteiger partial charge on any atom is -0.315 e. The second kappa shape index (κ2) is 5.49. The summed E-state index contributed by atoms with van der Waals surface area (Å²) in [5, 5.41) is 0. The van der Waals surface area contributed by atoms with E-state index in [0.29, 0.717) is 0 Å². The Bertz CT molecular complexity index is 461. The normalized spacial score (nSPS) is 21.1. The van der Waals surface area contributed by atoms with E-state index in [2.05, 4.69) is 11.0 Å². The standard InChI is InChI=1S/C14H20N2OS/c17-14-9-13(10-15-5-7-18-8-6-15)3-4-16(14)11-12-1-2-12/h3-4,9,12H,1-2,5-8,10-11H2. The van der Waals surface area contributed by atoms with Crippen LogP contribution in [-0.2, 0) is 13.1 Å². The maximum absolute atomic E-state index is 12.0. The first-order chi connectivity index (χ1) is 8.81. The third-order valence-corrected chi connectivity index (χ3v) is 4.66. The zero-order valence-electron chi connectivity index (χ0n) is 10.7. The molecule has 0 aromatic carbocycles. The summed E-state index contributed by atoms with van der Waals surface area (Å²) < 4.78 is 1.87. The van der Waals surface area contributed by atoms with Gasteiger partial charge in [-0.25, -0.2) is 0 Å². The number of aromatic nitrogens is 1. The highest BCUT2D eigenvalue weighted by Crippen LogP contribution is 2.29. The fourth-order valence-corrected chi connectivity index (χ4v) is 3.37. The van der Waals surface area contributed by atoms with Gasteiger partial charge < -0.3 is 4.57 Å². The van der Waals surface area contributed by atoms with Crippen molar-refractivity contribution in [3.8, 4) is 0 Å². The van der Waals surface area contributed by atoms with E-state index >= 15 is 0 Å². The van der Waals surface area contributed by atoms with Gasteiger partial charge in [0, 0.05) is 49.9 Å². The molecule has 0 amide bonds. The Labute approximate surface area is 112 Å². The minimum absolute atomic E-state index is 0.172. The molecule has 1 aliphatic heterocycles. The molecule has 2 fully saturated rings. The lowest BCUT2D eigenvalue weighted by atomic mass is 10.2. The van der Waals surface area contributed by atoms with Crippen LogP contribution in [0, 0.1) is 5.92 Å². The van der Waals surface area contributed by atoms with E-state index in [-0.39, 0.29) is 5.56 Å². The highest BCUT2D eigenvalue weighted by atomic mass is 32.2. The molecule has 1 aromatic rings. The lowest BCUT2D eigenvalue weighted by Crippen LogP contribution is -2.32. The molecule has 2 heterocycles. The summed E-state index contributed by atoms with van der Waals surface area (Å²) in [6, 6.07) is 3.94. The van der Waals surface area contributed by atoms with Gasteiger partial charge in [-0.05, 0) is 30.4 Å². The Morgan fingerprint density at radius 3 is 2.72 bits per heavy atom. The lowest BCUT2D eigenvalue weighted by Gasteiger charge is -2.26. The number of hydrogen-bond donors (Lipinski definition) is 0. The van der Waals surface area contributed by atoms with Crippen molar-refractivity contribution in [1.29, 1.82) is 0 Å². The van der Waals surface area contributed by atoms with Gasteiger partial charge in [0.2, 0.25) is 0 Å². The monoisotopic (exact) mass is 264 g/mol. The van der Waals surface area contributed by atoms with Crippen LogP contribution in [0.25, 0.3) is 0 Å². The Kier molecular flexibility index (Phi) is 3.75. The summed E-state index contributed by atoms with van der Waals surface area (Å²) in [7, 11) is 0. The van der Waals surface area contributed by atoms with Gasteiger partial charge in [-0.3, -0.25) is 9.69 Å². The van der Waals surface area contributed by atoms with E-state index in [1.807, 2.05) is 28.6 Å². The first kappa shape index (κ1) is 12.3. The van der Waals surface area contributed by atoms with E-state index in [1.54, 1.807) is 0 Å². The summed E-state index contributed by atoms with van der Waals surface area (Å²) in [5.74, 6) is 3.20. The molecule has 98 valence electrons. The van der Waals surface area contributed by atoms with Gasteiger partial charge in [0.15, 0.2) is 0 Å². The van der Waals surface area contributed by atoms with Crippen LogP contribution in [0.1, 0.15) is 18.4 Å². The molecule has 3 rings (SSSR count). The maximum atomic E-state index is 12.0. The third kappa shape index (κ3) is 3.18. The zero-order valence-corrected chi connectivity index (χ0v) is 11.5. The average molecular weight is 264 g/mol. The summed E-state index contributed by atoms with van der Waals surface area (Å²) in [5.41, 5.74) is 1.34. The Hall–Kier alpha value is -0.740. The number of pyridine rings is 1. The van der Waals surface area contributed by atoms with Crippen LogP contribution in [0.3, 0.4) is 0 Å². The van der Waals surface area contributed by atoms with Crippen LogP contribution in [0.4, 0.5) is 0 Å². The highest BCUT2D eigenvalue weighted by Gasteiger charge is 2.22. The lowest BCUT2D eigenvalue weighted by molar-refractivity contribution is 0.294. The number of thioether (sulfide) groups is 1. The first-order valence-electron chi connectivity index (χ1n) is 6.81. The topological polar surface area (TPSA) is 25.2 Å². The summed E-state index contributed by atoms with van der Waals surface area (Å²) in [6.45, 7) is 4.14. The van der Waals surface area contributed by atoms with Crippen molar-refractivity contribution < 1.29 is 0 Å². The van der Waals surface area contributed by atoms with Gasteiger partial charge in [0.25, 0.3) is 5.56 Å². The van der Waals surface area contributed by atoms with Gasteiger partial charge in [0.1, 0.15) is 0 Å². The molecular weight excluding hydrogens is 244 g/mol. The molecule has 0 bridgehead atoms. The Morgan fingerprint density at radius 1 is 1.28 bits per heavy atom. The third-order valence-electron chi connectivity index (χ3n) is 3.72. The van der Waals surface area contributed by atoms with Crippen LogP contribution in [0.15, 0.2) is 23.1 Å². The van der Waals surface area contributed by atoms with Gasteiger partial charge in [-0.1, -0.05) is 0 Å². The largest absolute Gasteiger partial charge is 0.315 e. The smallest absolute Gasteiger partial charge is 0.250 e. The Balaban J connectivity index is 1.65. The van der Waals surface area contributed by atoms with E-state index < -0.39 is 0 Å². The van der Waals surface area contributed by atoms with E-state index in [1.165, 1.54) is 29.9 Å². The summed E-state index contributed by atoms with van der Waals surface area (Å²) in [4.78, 5) is 14.4. The van der Waals surface area contributed by atoms with Crippen molar-refractivity contribution in [2.24, 2.45) is 5.92 Å². The van der Waals surface area contributed by atoms with E-state index in [0.717, 1.165) is 32.1 Å². The molecular formula is C14H20N2OS. The number of rotatable bonds is 4. The molecule has 2 aliphatic rings. The predicted octanol–water partition coefficient (Wildman–Crippen LogP) is 1.81. The van der Waals surface area contributed by atoms with E-state index in [9.17, 15) is 4.79 Å². The zero-order chi connectivity index (χ0) is 12.4. The predicted molar refractivity (Wildman–Crippen MR) is 76.0 cm³/mol. The molecule has 1 aliphatic carbocycles. The van der Waals surface area contributed by atoms with Gasteiger partial charge in [0.05, 0.1) is 0 Å². The number of nitrogens with zero attached hydrogens (tertiary/aromatic N) is 2. The molecule has 0 radical (unpaired) electrons. The molecule has 1 aromatic heterocycles. The van der Waals surface area contributed by atoms with Crippen LogP contribution in [0.2, 0.25) is 0 Å². The van der Waals surface area contributed by atoms with Crippen LogP contribution in [-0.4, -0.2) is 34.1 Å². The van der Waals surface area contributed by atoms with Gasteiger partial charge in [-0.15, -0.1) is 0 Å². The second-order valence-corrected chi connectivity index (χ2v) is 6.58. The van der Waals surface area contributed by atoms with Crippen LogP contribution < -0.4 is 5.56 Å². The van der Waals surface area contributed by atoms with E-state index in [4.69, 9.17) is 0 Å². The van der Waals surface area contributed by atoms with Crippen molar-refractivity contribution in [3.63, 3.8) is 0 Å². The molecule has 0 unspecified atom stereocenters. The first-order valence-corrected chi connectivity index (χ1v) is 7.96. The fraction of sp³-hybridized carbons (Fsp3) is 0.643. The minimum atomic E-state index is 0.172. The highest BCUT2D eigenvalue weighted by molar-refractivity contribution is 7.99. The molecule has 4 heteroatoms. The van der Waals surface area contributed by atoms with Crippen molar-refractivity contribution >= 4 is 11.8 Å². The maximum Gasteiger partial charge on any atom is 0.250 e. The molecule has 0 atom stereocenters. The number of hydrogen-bond acceptors (Lipinski definition) is 3. The van der Waals surface area contributed by atoms with Crippen molar-refractivity contribution in [1.82, 2.24) is 9.47 Å². The second-order valence-electron chi connectivity index (χ2n) is 5.36. The van der Waals surface area contributed by atoms with Crippen molar-refractivity contribution in [2.75, 3.05) is 24.6 Å². The van der Waals surface area contributed by atoms with Crippen LogP contribution in [0.5, 0.6) is 0 Å². The average Bonchev–Trinajstić information content (AvgIpc) is 3.18. The molecule has 1 saturated heterocycles. The van der Waals surface area contributed by atoms with Gasteiger partial charge in [-0.2, -0.15) is 11.8 Å². The fourth-order valence-electron chi connectivity index (χ4n) is 2.39. The summed E-state index contributed by atoms with van der Waals surface area (Å²) in [6.07, 6.45) is 4.56. The molecule has 1 saturated carbocycles. The van der Waals surface area contributed by atoms with Crippen molar-refractivity contribution in [2.45, 2.75) is 25.9 Å². The van der Waals surface area contributed by atoms with Crippen LogP contribution >= 0.6 is 11.8 Å². The Morgan fingerprint density at radius 2 is 2.06 bits per heavy atom. The molecule has 0 N–H and O–H groups in total.